The third kappa shape index (κ3) is 2.95. The summed E-state index contributed by atoms with van der Waals surface area (Å²) < 4.78 is 0. The van der Waals surface area contributed by atoms with Crippen molar-refractivity contribution in [2.75, 3.05) is 13.1 Å². The minimum Gasteiger partial charge on any atom is -0.389 e. The molecule has 0 radical (unpaired) electrons. The van der Waals surface area contributed by atoms with Crippen LogP contribution in [0.3, 0.4) is 0 Å². The third-order valence-electron chi connectivity index (χ3n) is 2.27. The molecule has 0 saturated heterocycles. The number of aliphatic imine (C=N–C) groups is 1. The molecule has 1 aromatic carbocycles. The summed E-state index contributed by atoms with van der Waals surface area (Å²) in [4.78, 5) is 4.17. The Morgan fingerprint density at radius 1 is 1.40 bits per heavy atom. The molecule has 2 rings (SSSR count). The van der Waals surface area contributed by atoms with Crippen molar-refractivity contribution in [1.82, 2.24) is 10.6 Å². The predicted octanol–water partition coefficient (Wildman–Crippen LogP) is 0.0963. The lowest BCUT2D eigenvalue weighted by molar-refractivity contribution is 0.180. The molecule has 0 saturated carbocycles. The molecule has 1 heterocycles. The first-order chi connectivity index (χ1) is 7.34. The van der Waals surface area contributed by atoms with Gasteiger partial charge in [0.2, 0.25) is 0 Å². The molecule has 15 heavy (non-hydrogen) atoms. The van der Waals surface area contributed by atoms with E-state index >= 15 is 0 Å². The fourth-order valence-electron chi connectivity index (χ4n) is 1.43. The Labute approximate surface area is 89.0 Å². The van der Waals surface area contributed by atoms with Crippen molar-refractivity contribution in [2.24, 2.45) is 4.99 Å². The molecule has 1 aliphatic rings. The maximum Gasteiger partial charge on any atom is 0.191 e. The van der Waals surface area contributed by atoms with Gasteiger partial charge in [0.15, 0.2) is 5.96 Å². The van der Waals surface area contributed by atoms with Gasteiger partial charge in [0.25, 0.3) is 0 Å². The fraction of sp³-hybridized carbons (Fsp3) is 0.364. The molecular formula is C11H15N3O. The number of hydrogen-bond donors (Lipinski definition) is 3. The maximum atomic E-state index is 9.21. The van der Waals surface area contributed by atoms with Crippen LogP contribution in [0.5, 0.6) is 0 Å². The highest BCUT2D eigenvalue weighted by molar-refractivity contribution is 5.80. The first-order valence-corrected chi connectivity index (χ1v) is 5.09. The zero-order valence-corrected chi connectivity index (χ0v) is 8.48. The quantitative estimate of drug-likeness (QED) is 0.641. The average Bonchev–Trinajstić information content (AvgIpc) is 2.30. The van der Waals surface area contributed by atoms with Gasteiger partial charge in [-0.25, -0.2) is 0 Å². The summed E-state index contributed by atoms with van der Waals surface area (Å²) in [6.07, 6.45) is -0.354. The summed E-state index contributed by atoms with van der Waals surface area (Å²) in [5, 5.41) is 15.4. The number of β-amino-alcohol motifs (C(OH)–C–C–N with tert-alkyl or cyclic N) is 1. The zero-order valence-electron chi connectivity index (χ0n) is 8.48. The summed E-state index contributed by atoms with van der Waals surface area (Å²) in [5.74, 6) is 0.768. The van der Waals surface area contributed by atoms with E-state index in [2.05, 4.69) is 27.8 Å². The van der Waals surface area contributed by atoms with Crippen LogP contribution in [0.1, 0.15) is 5.56 Å². The molecule has 80 valence electrons. The van der Waals surface area contributed by atoms with Gasteiger partial charge >= 0.3 is 0 Å². The molecule has 4 heteroatoms. The lowest BCUT2D eigenvalue weighted by atomic mass is 10.2. The Morgan fingerprint density at radius 2 is 2.20 bits per heavy atom. The highest BCUT2D eigenvalue weighted by Crippen LogP contribution is 1.97. The standard InChI is InChI=1S/C11H15N3O/c15-10-7-13-11(14-8-10)12-6-9-4-2-1-3-5-9/h1-5,10,15H,6-8H2,(H2,12,13,14). The molecule has 0 amide bonds. The summed E-state index contributed by atoms with van der Waals surface area (Å²) >= 11 is 0. The topological polar surface area (TPSA) is 56.7 Å². The number of hydrogen-bond acceptors (Lipinski definition) is 4. The van der Waals surface area contributed by atoms with Gasteiger partial charge in [0.1, 0.15) is 0 Å². The first-order valence-electron chi connectivity index (χ1n) is 5.09. The van der Waals surface area contributed by atoms with E-state index < -0.39 is 0 Å². The van der Waals surface area contributed by atoms with E-state index in [4.69, 9.17) is 0 Å². The minimum atomic E-state index is -0.354. The van der Waals surface area contributed by atoms with Crippen LogP contribution in [-0.2, 0) is 6.54 Å². The van der Waals surface area contributed by atoms with E-state index in [1.54, 1.807) is 0 Å². The van der Waals surface area contributed by atoms with E-state index in [-0.39, 0.29) is 6.10 Å². The van der Waals surface area contributed by atoms with Crippen molar-refractivity contribution < 1.29 is 5.11 Å². The predicted molar refractivity (Wildman–Crippen MR) is 59.6 cm³/mol. The van der Waals surface area contributed by atoms with Gasteiger partial charge in [-0.3, -0.25) is 4.99 Å². The van der Waals surface area contributed by atoms with Crippen LogP contribution in [0.2, 0.25) is 0 Å². The van der Waals surface area contributed by atoms with Gasteiger partial charge in [-0.2, -0.15) is 0 Å². The summed E-state index contributed by atoms with van der Waals surface area (Å²) in [6, 6.07) is 10.1. The highest BCUT2D eigenvalue weighted by Gasteiger charge is 2.10. The molecular weight excluding hydrogens is 190 g/mol. The van der Waals surface area contributed by atoms with Crippen LogP contribution in [0.25, 0.3) is 0 Å². The van der Waals surface area contributed by atoms with Crippen molar-refractivity contribution in [3.05, 3.63) is 35.9 Å². The monoisotopic (exact) mass is 205 g/mol. The number of benzene rings is 1. The largest absolute Gasteiger partial charge is 0.389 e. The van der Waals surface area contributed by atoms with Crippen LogP contribution < -0.4 is 10.6 Å². The summed E-state index contributed by atoms with van der Waals surface area (Å²) in [6.45, 7) is 1.80. The Morgan fingerprint density at radius 3 is 2.87 bits per heavy atom. The van der Waals surface area contributed by atoms with Crippen LogP contribution in [0.4, 0.5) is 0 Å². The van der Waals surface area contributed by atoms with Gasteiger partial charge in [-0.15, -0.1) is 0 Å². The second kappa shape index (κ2) is 4.79. The second-order valence-corrected chi connectivity index (χ2v) is 3.56. The van der Waals surface area contributed by atoms with Crippen molar-refractivity contribution in [3.63, 3.8) is 0 Å². The number of rotatable bonds is 2. The second-order valence-electron chi connectivity index (χ2n) is 3.56. The molecule has 0 fully saturated rings. The SMILES string of the molecule is OC1CN=C(NCc2ccccc2)NC1. The lowest BCUT2D eigenvalue weighted by Crippen LogP contribution is -2.45. The molecule has 1 aliphatic heterocycles. The zero-order chi connectivity index (χ0) is 10.5. The van der Waals surface area contributed by atoms with Gasteiger partial charge in [-0.05, 0) is 5.56 Å². The Kier molecular flexibility index (Phi) is 3.19. The molecule has 0 aromatic heterocycles. The molecule has 0 spiro atoms. The number of guanidine groups is 1. The maximum absolute atomic E-state index is 9.21. The number of aliphatic hydroxyl groups excluding tert-OH is 1. The van der Waals surface area contributed by atoms with Crippen LogP contribution in [-0.4, -0.2) is 30.3 Å². The van der Waals surface area contributed by atoms with E-state index in [0.717, 1.165) is 12.5 Å². The Balaban J connectivity index is 1.84. The number of nitrogens with one attached hydrogen (secondary N) is 2. The molecule has 1 unspecified atom stereocenters. The van der Waals surface area contributed by atoms with Crippen molar-refractivity contribution >= 4 is 5.96 Å². The Bertz CT molecular complexity index is 337. The van der Waals surface area contributed by atoms with Gasteiger partial charge < -0.3 is 15.7 Å². The van der Waals surface area contributed by atoms with Crippen molar-refractivity contribution in [2.45, 2.75) is 12.6 Å². The lowest BCUT2D eigenvalue weighted by Gasteiger charge is -2.19. The van der Waals surface area contributed by atoms with Crippen LogP contribution in [0, 0.1) is 0 Å². The van der Waals surface area contributed by atoms with Gasteiger partial charge in [0.05, 0.1) is 12.6 Å². The fourth-order valence-corrected chi connectivity index (χ4v) is 1.43. The summed E-state index contributed by atoms with van der Waals surface area (Å²) in [7, 11) is 0. The van der Waals surface area contributed by atoms with Crippen LogP contribution in [0.15, 0.2) is 35.3 Å². The van der Waals surface area contributed by atoms with Gasteiger partial charge in [-0.1, -0.05) is 30.3 Å². The van der Waals surface area contributed by atoms with Crippen molar-refractivity contribution in [3.8, 4) is 0 Å². The molecule has 0 aliphatic carbocycles. The normalized spacial score (nSPS) is 20.3. The molecule has 3 N–H and O–H groups in total. The smallest absolute Gasteiger partial charge is 0.191 e. The first kappa shape index (κ1) is 9.98. The molecule has 1 aromatic rings. The van der Waals surface area contributed by atoms with E-state index in [9.17, 15) is 5.11 Å². The minimum absolute atomic E-state index is 0.354. The molecule has 1 atom stereocenters. The summed E-state index contributed by atoms with van der Waals surface area (Å²) in [5.41, 5.74) is 1.22. The van der Waals surface area contributed by atoms with E-state index in [1.807, 2.05) is 18.2 Å². The van der Waals surface area contributed by atoms with Crippen molar-refractivity contribution in [1.29, 1.82) is 0 Å². The molecule has 0 bridgehead atoms. The third-order valence-corrected chi connectivity index (χ3v) is 2.27. The number of aliphatic hydroxyl groups is 1. The highest BCUT2D eigenvalue weighted by atomic mass is 16.3. The van der Waals surface area contributed by atoms with E-state index in [1.165, 1.54) is 5.56 Å². The van der Waals surface area contributed by atoms with E-state index in [0.29, 0.717) is 13.1 Å². The Hall–Kier alpha value is -1.55. The van der Waals surface area contributed by atoms with Crippen LogP contribution >= 0.6 is 0 Å². The van der Waals surface area contributed by atoms with Gasteiger partial charge in [0, 0.05) is 13.1 Å². The molecule has 4 nitrogen and oxygen atoms in total. The number of nitrogens with zero attached hydrogens (tertiary/aromatic N) is 1. The average molecular weight is 205 g/mol.